The number of nitrogens with zero attached hydrogens (tertiary/aromatic N) is 3. The maximum absolute atomic E-state index is 14.1. The van der Waals surface area contributed by atoms with Crippen molar-refractivity contribution in [3.63, 3.8) is 0 Å². The number of carbonyl (C=O) groups excluding carboxylic acids is 2. The summed E-state index contributed by atoms with van der Waals surface area (Å²) < 4.78 is 18.6. The van der Waals surface area contributed by atoms with Crippen LogP contribution in [0, 0.1) is 23.2 Å². The van der Waals surface area contributed by atoms with Gasteiger partial charge in [-0.2, -0.15) is 5.26 Å². The summed E-state index contributed by atoms with van der Waals surface area (Å²) in [6.45, 7) is 6.08. The predicted molar refractivity (Wildman–Crippen MR) is 144 cm³/mol. The number of amides is 2. The van der Waals surface area contributed by atoms with Gasteiger partial charge in [-0.05, 0) is 24.4 Å². The zero-order chi connectivity index (χ0) is 27.4. The summed E-state index contributed by atoms with van der Waals surface area (Å²) in [5, 5.41) is 12.1. The largest absolute Gasteiger partial charge is 0.478 e. The topological polar surface area (TPSA) is 102 Å². The molecule has 0 aliphatic carbocycles. The van der Waals surface area contributed by atoms with Gasteiger partial charge in [0.05, 0.1) is 53.0 Å². The Balaban J connectivity index is 1.37. The lowest BCUT2D eigenvalue weighted by Crippen LogP contribution is -2.50. The smallest absolute Gasteiger partial charge is 0.240 e. The second-order valence-electron chi connectivity index (χ2n) is 10.3. The Morgan fingerprint density at radius 1 is 1.21 bits per heavy atom. The molecule has 0 saturated carbocycles. The summed E-state index contributed by atoms with van der Waals surface area (Å²) in [5.41, 5.74) is -1.43. The van der Waals surface area contributed by atoms with Crippen molar-refractivity contribution in [2.75, 3.05) is 18.1 Å². The quantitative estimate of drug-likeness (QED) is 0.296. The Kier molecular flexibility index (Phi) is 6.18. The molecule has 198 valence electrons. The van der Waals surface area contributed by atoms with E-state index in [4.69, 9.17) is 25.8 Å². The summed E-state index contributed by atoms with van der Waals surface area (Å²) in [6, 6.07) is 16.5. The van der Waals surface area contributed by atoms with Crippen molar-refractivity contribution in [3.8, 4) is 11.9 Å². The number of nitriles is 1. The van der Waals surface area contributed by atoms with Crippen LogP contribution in [0.3, 0.4) is 0 Å². The number of benzene rings is 2. The first-order valence-electron chi connectivity index (χ1n) is 12.8. The van der Waals surface area contributed by atoms with E-state index in [0.29, 0.717) is 40.4 Å². The highest BCUT2D eigenvalue weighted by molar-refractivity contribution is 6.30. The molecule has 9 heteroatoms. The molecule has 4 heterocycles. The lowest BCUT2D eigenvalue weighted by Gasteiger charge is -2.35. The highest BCUT2D eigenvalue weighted by Crippen LogP contribution is 2.63. The average molecular weight is 544 g/mol. The van der Waals surface area contributed by atoms with Crippen LogP contribution in [0.2, 0.25) is 5.02 Å². The molecule has 3 aliphatic rings. The number of ether oxygens (including phenoxy) is 3. The summed E-state index contributed by atoms with van der Waals surface area (Å²) in [5.74, 6) is -1.85. The van der Waals surface area contributed by atoms with Gasteiger partial charge in [-0.3, -0.25) is 9.59 Å². The van der Waals surface area contributed by atoms with Gasteiger partial charge in [0.1, 0.15) is 11.7 Å². The van der Waals surface area contributed by atoms with Crippen molar-refractivity contribution in [2.45, 2.75) is 37.1 Å². The fraction of sp³-hybridized carbons (Fsp3) is 0.333. The van der Waals surface area contributed by atoms with E-state index in [1.807, 2.05) is 37.3 Å². The van der Waals surface area contributed by atoms with Gasteiger partial charge in [0, 0.05) is 30.5 Å². The number of aromatic nitrogens is 1. The van der Waals surface area contributed by atoms with E-state index in [-0.39, 0.29) is 25.0 Å². The minimum atomic E-state index is -1.03. The molecule has 0 radical (unpaired) electrons. The second-order valence-corrected chi connectivity index (χ2v) is 10.8. The Morgan fingerprint density at radius 2 is 2.00 bits per heavy atom. The van der Waals surface area contributed by atoms with E-state index in [9.17, 15) is 14.9 Å². The number of carbonyl (C=O) groups is 2. The molecule has 3 aromatic rings. The number of anilines is 1. The SMILES string of the molecule is C=CCOC1CC2(CCOc3ccc(Cl)cn3)OC1(C)C1C(=O)N(c3ccc4ccccc4c3C#N)C(=O)C12. The molecular weight excluding hydrogens is 518 g/mol. The summed E-state index contributed by atoms with van der Waals surface area (Å²) in [6.07, 6.45) is 3.49. The van der Waals surface area contributed by atoms with Crippen LogP contribution in [-0.2, 0) is 19.1 Å². The molecule has 2 amide bonds. The zero-order valence-corrected chi connectivity index (χ0v) is 22.1. The fourth-order valence-electron chi connectivity index (χ4n) is 6.59. The maximum atomic E-state index is 14.1. The number of rotatable bonds is 8. The van der Waals surface area contributed by atoms with Crippen LogP contribution in [0.4, 0.5) is 5.69 Å². The van der Waals surface area contributed by atoms with Gasteiger partial charge in [-0.1, -0.05) is 48.0 Å². The monoisotopic (exact) mass is 543 g/mol. The third-order valence-corrected chi connectivity index (χ3v) is 8.46. The molecule has 1 aromatic heterocycles. The van der Waals surface area contributed by atoms with Crippen molar-refractivity contribution in [3.05, 3.63) is 78.0 Å². The van der Waals surface area contributed by atoms with Gasteiger partial charge in [-0.15, -0.1) is 6.58 Å². The van der Waals surface area contributed by atoms with Crippen LogP contribution in [0.25, 0.3) is 10.8 Å². The van der Waals surface area contributed by atoms with E-state index in [2.05, 4.69) is 17.6 Å². The number of hydrogen-bond acceptors (Lipinski definition) is 7. The second kappa shape index (κ2) is 9.45. The number of halogens is 1. The molecule has 2 bridgehead atoms. The fourth-order valence-corrected chi connectivity index (χ4v) is 6.70. The van der Waals surface area contributed by atoms with Gasteiger partial charge in [0.2, 0.25) is 17.7 Å². The first-order valence-corrected chi connectivity index (χ1v) is 13.2. The van der Waals surface area contributed by atoms with Crippen molar-refractivity contribution >= 4 is 39.9 Å². The Labute approximate surface area is 230 Å². The lowest BCUT2D eigenvalue weighted by atomic mass is 9.66. The van der Waals surface area contributed by atoms with Gasteiger partial charge < -0.3 is 14.2 Å². The van der Waals surface area contributed by atoms with Crippen LogP contribution in [0.5, 0.6) is 5.88 Å². The van der Waals surface area contributed by atoms with E-state index in [1.54, 1.807) is 24.3 Å². The predicted octanol–water partition coefficient (Wildman–Crippen LogP) is 4.84. The maximum Gasteiger partial charge on any atom is 0.240 e. The van der Waals surface area contributed by atoms with Crippen molar-refractivity contribution < 1.29 is 23.8 Å². The van der Waals surface area contributed by atoms with Gasteiger partial charge in [-0.25, -0.2) is 9.88 Å². The molecule has 0 spiro atoms. The molecule has 6 rings (SSSR count). The lowest BCUT2D eigenvalue weighted by molar-refractivity contribution is -0.136. The molecule has 5 atom stereocenters. The molecule has 3 saturated heterocycles. The number of hydrogen-bond donors (Lipinski definition) is 0. The first-order chi connectivity index (χ1) is 18.8. The Morgan fingerprint density at radius 3 is 2.74 bits per heavy atom. The standard InChI is InChI=1S/C30H26ClN3O5/c1-3-13-37-23-15-30(12-14-38-24-11-9-19(31)17-33-24)26-25(29(23,2)39-30)27(35)34(28(26)36)22-10-8-18-6-4-5-7-20(18)21(22)16-32/h3-11,17,23,25-26H,1,12-15H2,2H3. The molecule has 3 aliphatic heterocycles. The van der Waals surface area contributed by atoms with Crippen molar-refractivity contribution in [2.24, 2.45) is 11.8 Å². The van der Waals surface area contributed by atoms with E-state index >= 15 is 0 Å². The molecule has 0 N–H and O–H groups in total. The highest BCUT2D eigenvalue weighted by Gasteiger charge is 2.77. The summed E-state index contributed by atoms with van der Waals surface area (Å²) in [7, 11) is 0. The molecule has 3 fully saturated rings. The van der Waals surface area contributed by atoms with E-state index < -0.39 is 29.1 Å². The number of fused-ring (bicyclic) bond motifs is 6. The molecule has 8 nitrogen and oxygen atoms in total. The van der Waals surface area contributed by atoms with Gasteiger partial charge in [0.25, 0.3) is 0 Å². The third-order valence-electron chi connectivity index (χ3n) is 8.23. The number of pyridine rings is 1. The van der Waals surface area contributed by atoms with Crippen LogP contribution in [-0.4, -0.2) is 47.3 Å². The molecule has 39 heavy (non-hydrogen) atoms. The highest BCUT2D eigenvalue weighted by atomic mass is 35.5. The van der Waals surface area contributed by atoms with Crippen molar-refractivity contribution in [1.82, 2.24) is 4.98 Å². The molecule has 2 aromatic carbocycles. The van der Waals surface area contributed by atoms with Crippen molar-refractivity contribution in [1.29, 1.82) is 5.26 Å². The normalized spacial score (nSPS) is 29.1. The summed E-state index contributed by atoms with van der Waals surface area (Å²) >= 11 is 5.93. The Hall–Kier alpha value is -3.77. The number of imide groups is 1. The zero-order valence-electron chi connectivity index (χ0n) is 21.3. The van der Waals surface area contributed by atoms with Crippen LogP contribution >= 0.6 is 11.6 Å². The minimum absolute atomic E-state index is 0.211. The van der Waals surface area contributed by atoms with Crippen LogP contribution in [0.1, 0.15) is 25.3 Å². The first kappa shape index (κ1) is 25.5. The summed E-state index contributed by atoms with van der Waals surface area (Å²) in [4.78, 5) is 33.6. The van der Waals surface area contributed by atoms with Crippen LogP contribution < -0.4 is 9.64 Å². The third kappa shape index (κ3) is 3.84. The van der Waals surface area contributed by atoms with E-state index in [0.717, 1.165) is 5.39 Å². The van der Waals surface area contributed by atoms with E-state index in [1.165, 1.54) is 11.1 Å². The molecule has 5 unspecified atom stereocenters. The van der Waals surface area contributed by atoms with Gasteiger partial charge in [0.15, 0.2) is 0 Å². The average Bonchev–Trinajstić information content (AvgIpc) is 3.49. The molecular formula is C30H26ClN3O5. The minimum Gasteiger partial charge on any atom is -0.478 e. The van der Waals surface area contributed by atoms with Gasteiger partial charge >= 0.3 is 0 Å². The van der Waals surface area contributed by atoms with Crippen LogP contribution in [0.15, 0.2) is 67.4 Å². The Bertz CT molecular complexity index is 1540.